The van der Waals surface area contributed by atoms with Crippen molar-refractivity contribution in [2.24, 2.45) is 0 Å². The van der Waals surface area contributed by atoms with E-state index in [9.17, 15) is 14.0 Å². The number of aromatic nitrogens is 2. The minimum Gasteiger partial charge on any atom is -0.465 e. The lowest BCUT2D eigenvalue weighted by Gasteiger charge is -2.04. The van der Waals surface area contributed by atoms with Crippen LogP contribution in [0.5, 0.6) is 0 Å². The lowest BCUT2D eigenvalue weighted by Crippen LogP contribution is -2.13. The van der Waals surface area contributed by atoms with E-state index in [0.29, 0.717) is 17.7 Å². The van der Waals surface area contributed by atoms with Crippen molar-refractivity contribution >= 4 is 29.3 Å². The van der Waals surface area contributed by atoms with Gasteiger partial charge in [-0.05, 0) is 42.0 Å². The van der Waals surface area contributed by atoms with E-state index in [1.54, 1.807) is 23.0 Å². The Morgan fingerprint density at radius 1 is 1.11 bits per heavy atom. The van der Waals surface area contributed by atoms with Gasteiger partial charge in [0.05, 0.1) is 19.2 Å². The summed E-state index contributed by atoms with van der Waals surface area (Å²) in [4.78, 5) is 23.8. The third-order valence-corrected chi connectivity index (χ3v) is 4.05. The molecule has 2 aromatic carbocycles. The van der Waals surface area contributed by atoms with Crippen molar-refractivity contribution in [3.63, 3.8) is 0 Å². The molecule has 0 saturated carbocycles. The van der Waals surface area contributed by atoms with Crippen LogP contribution in [0.15, 0.2) is 54.7 Å². The molecule has 0 fully saturated rings. The number of amides is 1. The predicted molar refractivity (Wildman–Crippen MR) is 98.5 cm³/mol. The average Bonchev–Trinajstić information content (AvgIpc) is 3.02. The zero-order valence-corrected chi connectivity index (χ0v) is 15.0. The number of esters is 1. The first-order valence-corrected chi connectivity index (χ1v) is 8.31. The summed E-state index contributed by atoms with van der Waals surface area (Å²) in [6.45, 7) is 0.379. The van der Waals surface area contributed by atoms with Gasteiger partial charge in [0.15, 0.2) is 5.82 Å². The number of rotatable bonds is 5. The number of methoxy groups -OCH3 is 1. The van der Waals surface area contributed by atoms with Crippen LogP contribution in [0.3, 0.4) is 0 Å². The molecule has 6 nitrogen and oxygen atoms in total. The lowest BCUT2D eigenvalue weighted by atomic mass is 10.1. The van der Waals surface area contributed by atoms with Crippen LogP contribution in [0, 0.1) is 5.82 Å². The second-order valence-corrected chi connectivity index (χ2v) is 6.08. The number of nitrogens with zero attached hydrogens (tertiary/aromatic N) is 2. The number of benzene rings is 2. The fourth-order valence-corrected chi connectivity index (χ4v) is 2.59. The molecule has 0 saturated heterocycles. The van der Waals surface area contributed by atoms with Gasteiger partial charge in [0.2, 0.25) is 0 Å². The van der Waals surface area contributed by atoms with Crippen LogP contribution in [0.1, 0.15) is 26.3 Å². The van der Waals surface area contributed by atoms with Gasteiger partial charge in [-0.3, -0.25) is 9.48 Å². The molecule has 0 aliphatic heterocycles. The first-order chi connectivity index (χ1) is 13.0. The summed E-state index contributed by atoms with van der Waals surface area (Å²) in [6, 6.07) is 12.0. The number of carbonyl (C=O) groups is 2. The number of carbonyl (C=O) groups excluding carboxylic acids is 2. The molecule has 1 N–H and O–H groups in total. The second kappa shape index (κ2) is 8.01. The zero-order valence-electron chi connectivity index (χ0n) is 14.3. The zero-order chi connectivity index (χ0) is 19.4. The topological polar surface area (TPSA) is 73.2 Å². The van der Waals surface area contributed by atoms with Crippen molar-refractivity contribution in [2.45, 2.75) is 6.54 Å². The van der Waals surface area contributed by atoms with Crippen LogP contribution in [-0.4, -0.2) is 28.8 Å². The van der Waals surface area contributed by atoms with Crippen molar-refractivity contribution in [2.75, 3.05) is 12.4 Å². The van der Waals surface area contributed by atoms with Gasteiger partial charge in [-0.25, -0.2) is 9.18 Å². The highest BCUT2D eigenvalue weighted by Gasteiger charge is 2.14. The minimum atomic E-state index is -0.482. The summed E-state index contributed by atoms with van der Waals surface area (Å²) in [5, 5.41) is 7.14. The fourth-order valence-electron chi connectivity index (χ4n) is 2.39. The van der Waals surface area contributed by atoms with E-state index in [0.717, 1.165) is 5.56 Å². The molecule has 0 unspecified atom stereocenters. The van der Waals surface area contributed by atoms with Crippen LogP contribution in [0.4, 0.5) is 10.2 Å². The Labute approximate surface area is 159 Å². The maximum absolute atomic E-state index is 13.0. The summed E-state index contributed by atoms with van der Waals surface area (Å²) < 4.78 is 19.1. The number of halogens is 2. The summed E-state index contributed by atoms with van der Waals surface area (Å²) in [7, 11) is 1.28. The maximum atomic E-state index is 13.0. The molecular weight excluding hydrogens is 373 g/mol. The van der Waals surface area contributed by atoms with Crippen LogP contribution in [0.25, 0.3) is 0 Å². The first kappa shape index (κ1) is 18.6. The van der Waals surface area contributed by atoms with Crippen LogP contribution in [0.2, 0.25) is 5.02 Å². The Kier molecular flexibility index (Phi) is 5.52. The third-order valence-electron chi connectivity index (χ3n) is 3.77. The summed E-state index contributed by atoms with van der Waals surface area (Å²) in [6.07, 6.45) is 1.57. The Morgan fingerprint density at radius 3 is 2.37 bits per heavy atom. The van der Waals surface area contributed by atoms with Crippen LogP contribution < -0.4 is 5.32 Å². The molecule has 1 amide bonds. The number of anilines is 1. The molecule has 0 bridgehead atoms. The second-order valence-electron chi connectivity index (χ2n) is 5.67. The van der Waals surface area contributed by atoms with E-state index in [1.165, 1.54) is 43.5 Å². The molecular formula is C19H15ClFN3O3. The number of hydrogen-bond acceptors (Lipinski definition) is 4. The smallest absolute Gasteiger partial charge is 0.337 e. The van der Waals surface area contributed by atoms with Crippen molar-refractivity contribution < 1.29 is 18.7 Å². The van der Waals surface area contributed by atoms with Crippen molar-refractivity contribution in [1.29, 1.82) is 0 Å². The SMILES string of the molecule is COC(=O)c1ccc(C(=O)Nc2nn(Cc3ccc(F)cc3)cc2Cl)cc1. The molecule has 0 atom stereocenters. The minimum absolute atomic E-state index is 0.209. The highest BCUT2D eigenvalue weighted by Crippen LogP contribution is 2.21. The van der Waals surface area contributed by atoms with Gasteiger partial charge >= 0.3 is 5.97 Å². The van der Waals surface area contributed by atoms with Gasteiger partial charge < -0.3 is 10.1 Å². The van der Waals surface area contributed by atoms with E-state index in [-0.39, 0.29) is 16.7 Å². The van der Waals surface area contributed by atoms with E-state index in [1.807, 2.05) is 0 Å². The van der Waals surface area contributed by atoms with Crippen LogP contribution in [-0.2, 0) is 11.3 Å². The molecule has 0 aliphatic rings. The van der Waals surface area contributed by atoms with Crippen molar-refractivity contribution in [3.8, 4) is 0 Å². The normalized spacial score (nSPS) is 10.5. The highest BCUT2D eigenvalue weighted by molar-refractivity contribution is 6.33. The Hall–Kier alpha value is -3.19. The highest BCUT2D eigenvalue weighted by atomic mass is 35.5. The number of ether oxygens (including phenoxy) is 1. The molecule has 0 radical (unpaired) electrons. The Balaban J connectivity index is 1.70. The van der Waals surface area contributed by atoms with Gasteiger partial charge in [-0.2, -0.15) is 5.10 Å². The van der Waals surface area contributed by atoms with Gasteiger partial charge in [0, 0.05) is 11.8 Å². The number of hydrogen-bond donors (Lipinski definition) is 1. The monoisotopic (exact) mass is 387 g/mol. The fraction of sp³-hybridized carbons (Fsp3) is 0.105. The van der Waals surface area contributed by atoms with E-state index < -0.39 is 11.9 Å². The standard InChI is InChI=1S/C19H15ClFN3O3/c1-27-19(26)14-6-4-13(5-7-14)18(25)22-17-16(20)11-24(23-17)10-12-2-8-15(21)9-3-12/h2-9,11H,10H2,1H3,(H,22,23,25). The molecule has 3 aromatic rings. The molecule has 1 heterocycles. The molecule has 1 aromatic heterocycles. The Morgan fingerprint density at radius 2 is 1.74 bits per heavy atom. The average molecular weight is 388 g/mol. The summed E-state index contributed by atoms with van der Waals surface area (Å²) in [5.41, 5.74) is 1.52. The van der Waals surface area contributed by atoms with Gasteiger partial charge in [0.25, 0.3) is 5.91 Å². The van der Waals surface area contributed by atoms with E-state index in [4.69, 9.17) is 11.6 Å². The van der Waals surface area contributed by atoms with Crippen molar-refractivity contribution in [1.82, 2.24) is 9.78 Å². The molecule has 27 heavy (non-hydrogen) atoms. The van der Waals surface area contributed by atoms with E-state index >= 15 is 0 Å². The molecule has 8 heteroatoms. The van der Waals surface area contributed by atoms with Crippen LogP contribution >= 0.6 is 11.6 Å². The molecule has 0 spiro atoms. The lowest BCUT2D eigenvalue weighted by molar-refractivity contribution is 0.0600. The molecule has 0 aliphatic carbocycles. The quantitative estimate of drug-likeness (QED) is 0.676. The van der Waals surface area contributed by atoms with Gasteiger partial charge in [-0.1, -0.05) is 23.7 Å². The predicted octanol–water partition coefficient (Wildman–Crippen LogP) is 3.76. The van der Waals surface area contributed by atoms with Crippen molar-refractivity contribution in [3.05, 3.63) is 82.3 Å². The summed E-state index contributed by atoms with van der Waals surface area (Å²) in [5.74, 6) is -1.01. The third kappa shape index (κ3) is 4.51. The largest absolute Gasteiger partial charge is 0.465 e. The first-order valence-electron chi connectivity index (χ1n) is 7.93. The summed E-state index contributed by atoms with van der Waals surface area (Å²) >= 11 is 6.13. The molecule has 138 valence electrons. The van der Waals surface area contributed by atoms with Gasteiger partial charge in [-0.15, -0.1) is 0 Å². The molecule has 3 rings (SSSR count). The Bertz CT molecular complexity index is 969. The van der Waals surface area contributed by atoms with Gasteiger partial charge in [0.1, 0.15) is 10.8 Å². The van der Waals surface area contributed by atoms with E-state index in [2.05, 4.69) is 15.2 Å². The maximum Gasteiger partial charge on any atom is 0.337 e. The number of nitrogens with one attached hydrogen (secondary N) is 1.